The van der Waals surface area contributed by atoms with E-state index in [1.807, 2.05) is 0 Å². The first-order chi connectivity index (χ1) is 8.58. The van der Waals surface area contributed by atoms with Gasteiger partial charge in [-0.2, -0.15) is 0 Å². The van der Waals surface area contributed by atoms with Crippen molar-refractivity contribution in [2.75, 3.05) is 33.1 Å². The number of hydrogen-bond donors (Lipinski definition) is 2. The normalized spacial score (nSPS) is 12.2. The molecule has 6 heteroatoms. The average Bonchev–Trinajstić information content (AvgIpc) is 2.34. The van der Waals surface area contributed by atoms with Crippen molar-refractivity contribution in [2.45, 2.75) is 6.10 Å². The van der Waals surface area contributed by atoms with Gasteiger partial charge in [0.25, 0.3) is 5.91 Å². The molecule has 0 saturated carbocycles. The van der Waals surface area contributed by atoms with E-state index in [2.05, 4.69) is 5.32 Å². The summed E-state index contributed by atoms with van der Waals surface area (Å²) < 4.78 is 22.8. The van der Waals surface area contributed by atoms with Gasteiger partial charge in [-0.1, -0.05) is 0 Å². The molecule has 0 fully saturated rings. The van der Waals surface area contributed by atoms with Crippen molar-refractivity contribution in [1.82, 2.24) is 5.32 Å². The Bertz CT molecular complexity index is 412. The number of nitrogens with two attached hydrogens (primary N) is 1. The number of nitrogen functional groups attached to an aromatic ring is 1. The van der Waals surface area contributed by atoms with Crippen LogP contribution in [0.25, 0.3) is 0 Å². The molecule has 1 rings (SSSR count). The minimum Gasteiger partial charge on any atom is -0.398 e. The van der Waals surface area contributed by atoms with Crippen molar-refractivity contribution < 1.29 is 18.7 Å². The van der Waals surface area contributed by atoms with Gasteiger partial charge in [-0.05, 0) is 18.2 Å². The second-order valence-corrected chi connectivity index (χ2v) is 3.75. The number of ether oxygens (including phenoxy) is 2. The molecule has 0 saturated heterocycles. The molecule has 3 N–H and O–H groups in total. The fourth-order valence-electron chi connectivity index (χ4n) is 1.44. The van der Waals surface area contributed by atoms with E-state index in [0.29, 0.717) is 13.2 Å². The molecule has 1 amide bonds. The van der Waals surface area contributed by atoms with E-state index in [-0.39, 0.29) is 23.3 Å². The molecule has 1 atom stereocenters. The van der Waals surface area contributed by atoms with Crippen molar-refractivity contribution >= 4 is 11.6 Å². The lowest BCUT2D eigenvalue weighted by molar-refractivity contribution is 0.0285. The zero-order chi connectivity index (χ0) is 13.5. The number of amides is 1. The molecule has 1 aromatic rings. The molecule has 0 bridgehead atoms. The Balaban J connectivity index is 2.59. The Labute approximate surface area is 105 Å². The van der Waals surface area contributed by atoms with Gasteiger partial charge in [-0.25, -0.2) is 4.39 Å². The number of rotatable bonds is 6. The maximum absolute atomic E-state index is 12.8. The van der Waals surface area contributed by atoms with Gasteiger partial charge < -0.3 is 20.5 Å². The quantitative estimate of drug-likeness (QED) is 0.738. The lowest BCUT2D eigenvalue weighted by atomic mass is 10.1. The zero-order valence-electron chi connectivity index (χ0n) is 10.4. The Hall–Kier alpha value is -1.66. The number of anilines is 1. The molecular weight excluding hydrogens is 239 g/mol. The summed E-state index contributed by atoms with van der Waals surface area (Å²) in [6.45, 7) is 0.662. The van der Waals surface area contributed by atoms with E-state index >= 15 is 0 Å². The average molecular weight is 256 g/mol. The first-order valence-electron chi connectivity index (χ1n) is 5.43. The van der Waals surface area contributed by atoms with Crippen molar-refractivity contribution in [3.8, 4) is 0 Å². The van der Waals surface area contributed by atoms with E-state index < -0.39 is 5.82 Å². The summed E-state index contributed by atoms with van der Waals surface area (Å²) in [6.07, 6.45) is -0.236. The summed E-state index contributed by atoms with van der Waals surface area (Å²) in [5.41, 5.74) is 5.91. The monoisotopic (exact) mass is 256 g/mol. The summed E-state index contributed by atoms with van der Waals surface area (Å²) >= 11 is 0. The number of hydrogen-bond acceptors (Lipinski definition) is 4. The predicted molar refractivity (Wildman–Crippen MR) is 65.8 cm³/mol. The molecule has 1 unspecified atom stereocenters. The van der Waals surface area contributed by atoms with E-state index in [4.69, 9.17) is 15.2 Å². The molecule has 1 aromatic carbocycles. The second kappa shape index (κ2) is 6.93. The van der Waals surface area contributed by atoms with Crippen LogP contribution in [0.5, 0.6) is 0 Å². The lowest BCUT2D eigenvalue weighted by Crippen LogP contribution is -2.35. The van der Waals surface area contributed by atoms with Crippen LogP contribution < -0.4 is 11.1 Å². The Kier molecular flexibility index (Phi) is 5.54. The number of benzene rings is 1. The Morgan fingerprint density at radius 2 is 2.22 bits per heavy atom. The van der Waals surface area contributed by atoms with Crippen LogP contribution in [0.1, 0.15) is 10.4 Å². The third kappa shape index (κ3) is 3.97. The predicted octanol–water partition coefficient (Wildman–Crippen LogP) is 0.799. The van der Waals surface area contributed by atoms with E-state index in [1.54, 1.807) is 7.11 Å². The molecule has 0 radical (unpaired) electrons. The number of carbonyl (C=O) groups excluding carboxylic acids is 1. The number of nitrogens with one attached hydrogen (secondary N) is 1. The highest BCUT2D eigenvalue weighted by molar-refractivity contribution is 5.99. The van der Waals surface area contributed by atoms with E-state index in [0.717, 1.165) is 6.07 Å². The molecular formula is C12H17FN2O3. The van der Waals surface area contributed by atoms with Crippen molar-refractivity contribution in [2.24, 2.45) is 0 Å². The molecule has 0 aliphatic heterocycles. The van der Waals surface area contributed by atoms with Gasteiger partial charge >= 0.3 is 0 Å². The van der Waals surface area contributed by atoms with Crippen LogP contribution in [-0.2, 0) is 9.47 Å². The second-order valence-electron chi connectivity index (χ2n) is 3.75. The van der Waals surface area contributed by atoms with Gasteiger partial charge in [-0.15, -0.1) is 0 Å². The van der Waals surface area contributed by atoms with E-state index in [9.17, 15) is 9.18 Å². The minimum absolute atomic E-state index is 0.105. The van der Waals surface area contributed by atoms with Crippen LogP contribution >= 0.6 is 0 Å². The van der Waals surface area contributed by atoms with Gasteiger partial charge in [0.2, 0.25) is 0 Å². The highest BCUT2D eigenvalue weighted by atomic mass is 19.1. The van der Waals surface area contributed by atoms with Crippen LogP contribution in [-0.4, -0.2) is 39.4 Å². The number of halogens is 1. The third-order valence-corrected chi connectivity index (χ3v) is 2.43. The standard InChI is InChI=1S/C12H17FN2O3/c1-17-7-9(18-2)6-15-12(16)10-4-3-8(13)5-11(10)14/h3-5,9H,6-7,14H2,1-2H3,(H,15,16). The van der Waals surface area contributed by atoms with Crippen molar-refractivity contribution in [1.29, 1.82) is 0 Å². The summed E-state index contributed by atoms with van der Waals surface area (Å²) in [5.74, 6) is -0.844. The highest BCUT2D eigenvalue weighted by Crippen LogP contribution is 2.13. The first-order valence-corrected chi connectivity index (χ1v) is 5.43. The number of carbonyl (C=O) groups is 1. The highest BCUT2D eigenvalue weighted by Gasteiger charge is 2.13. The third-order valence-electron chi connectivity index (χ3n) is 2.43. The van der Waals surface area contributed by atoms with Crippen LogP contribution in [0.4, 0.5) is 10.1 Å². The van der Waals surface area contributed by atoms with Gasteiger partial charge in [-0.3, -0.25) is 4.79 Å². The van der Waals surface area contributed by atoms with Crippen LogP contribution in [0.3, 0.4) is 0 Å². The molecule has 0 aromatic heterocycles. The lowest BCUT2D eigenvalue weighted by Gasteiger charge is -2.15. The largest absolute Gasteiger partial charge is 0.398 e. The molecule has 0 spiro atoms. The van der Waals surface area contributed by atoms with Gasteiger partial charge in [0.15, 0.2) is 0 Å². The molecule has 0 aliphatic carbocycles. The number of methoxy groups -OCH3 is 2. The SMILES string of the molecule is COCC(CNC(=O)c1ccc(F)cc1N)OC. The van der Waals surface area contributed by atoms with Crippen LogP contribution in [0.15, 0.2) is 18.2 Å². The fraction of sp³-hybridized carbons (Fsp3) is 0.417. The summed E-state index contributed by atoms with van der Waals surface area (Å²) in [7, 11) is 3.08. The molecule has 5 nitrogen and oxygen atoms in total. The van der Waals surface area contributed by atoms with Gasteiger partial charge in [0.05, 0.1) is 18.3 Å². The fourth-order valence-corrected chi connectivity index (χ4v) is 1.44. The molecule has 100 valence electrons. The Morgan fingerprint density at radius 3 is 2.78 bits per heavy atom. The molecule has 0 heterocycles. The van der Waals surface area contributed by atoms with Gasteiger partial charge in [0, 0.05) is 26.5 Å². The first kappa shape index (κ1) is 14.4. The molecule has 0 aliphatic rings. The maximum atomic E-state index is 12.8. The summed E-state index contributed by atoms with van der Waals surface area (Å²) in [6, 6.07) is 3.64. The Morgan fingerprint density at radius 1 is 1.50 bits per heavy atom. The van der Waals surface area contributed by atoms with E-state index in [1.165, 1.54) is 19.2 Å². The van der Waals surface area contributed by atoms with Crippen molar-refractivity contribution in [3.63, 3.8) is 0 Å². The topological polar surface area (TPSA) is 73.6 Å². The smallest absolute Gasteiger partial charge is 0.253 e. The minimum atomic E-state index is -0.474. The van der Waals surface area contributed by atoms with Crippen LogP contribution in [0.2, 0.25) is 0 Å². The summed E-state index contributed by atoms with van der Waals surface area (Å²) in [4.78, 5) is 11.8. The zero-order valence-corrected chi connectivity index (χ0v) is 10.4. The maximum Gasteiger partial charge on any atom is 0.253 e. The van der Waals surface area contributed by atoms with Crippen molar-refractivity contribution in [3.05, 3.63) is 29.6 Å². The van der Waals surface area contributed by atoms with Crippen LogP contribution in [0, 0.1) is 5.82 Å². The molecule has 18 heavy (non-hydrogen) atoms. The van der Waals surface area contributed by atoms with Gasteiger partial charge in [0.1, 0.15) is 5.82 Å². The summed E-state index contributed by atoms with van der Waals surface area (Å²) in [5, 5.41) is 2.65.